The van der Waals surface area contributed by atoms with Gasteiger partial charge in [-0.2, -0.15) is 0 Å². The third-order valence-electron chi connectivity index (χ3n) is 2.99. The second kappa shape index (κ2) is 4.40. The Balaban J connectivity index is 2.24. The monoisotopic (exact) mass is 213 g/mol. The summed E-state index contributed by atoms with van der Waals surface area (Å²) in [7, 11) is 0. The number of amides is 1. The van der Waals surface area contributed by atoms with Crippen molar-refractivity contribution in [2.45, 2.75) is 19.8 Å². The molecule has 2 rings (SSSR count). The molecule has 1 heterocycles. The number of hydrogen-bond donors (Lipinski definition) is 0. The van der Waals surface area contributed by atoms with Crippen molar-refractivity contribution in [2.75, 3.05) is 11.4 Å². The van der Waals surface area contributed by atoms with Gasteiger partial charge in [-0.25, -0.2) is 0 Å². The van der Waals surface area contributed by atoms with Crippen molar-refractivity contribution in [3.63, 3.8) is 0 Å². The van der Waals surface area contributed by atoms with E-state index in [0.717, 1.165) is 12.1 Å². The molecule has 1 aromatic rings. The number of rotatable bonds is 2. The Hall–Kier alpha value is -1.75. The van der Waals surface area contributed by atoms with Gasteiger partial charge in [0.2, 0.25) is 5.91 Å². The maximum absolute atomic E-state index is 11.8. The number of anilines is 1. The molecule has 0 bridgehead atoms. The van der Waals surface area contributed by atoms with Gasteiger partial charge in [0, 0.05) is 24.6 Å². The summed E-state index contributed by atoms with van der Waals surface area (Å²) in [6.45, 7) is 2.76. The van der Waals surface area contributed by atoms with E-state index in [1.54, 1.807) is 4.90 Å². The average Bonchev–Trinajstić information content (AvgIpc) is 2.71. The summed E-state index contributed by atoms with van der Waals surface area (Å²) in [6, 6.07) is 8.10. The lowest BCUT2D eigenvalue weighted by Gasteiger charge is -2.16. The molecule has 0 aromatic heterocycles. The number of nitrogens with zero attached hydrogens (tertiary/aromatic N) is 1. The number of hydrogen-bond acceptors (Lipinski definition) is 1. The van der Waals surface area contributed by atoms with Crippen LogP contribution in [0, 0.1) is 18.3 Å². The van der Waals surface area contributed by atoms with E-state index in [0.29, 0.717) is 13.0 Å². The van der Waals surface area contributed by atoms with Gasteiger partial charge in [-0.15, -0.1) is 12.3 Å². The van der Waals surface area contributed by atoms with Crippen molar-refractivity contribution in [1.82, 2.24) is 0 Å². The molecule has 0 spiro atoms. The first-order chi connectivity index (χ1) is 7.74. The summed E-state index contributed by atoms with van der Waals surface area (Å²) in [5.41, 5.74) is 2.22. The SMILES string of the molecule is C#CC1CC(=O)N(c2cccc(CC)c2)C1. The van der Waals surface area contributed by atoms with Gasteiger partial charge < -0.3 is 4.90 Å². The third-order valence-corrected chi connectivity index (χ3v) is 2.99. The van der Waals surface area contributed by atoms with Gasteiger partial charge in [0.15, 0.2) is 0 Å². The van der Waals surface area contributed by atoms with Crippen LogP contribution in [0.25, 0.3) is 0 Å². The Morgan fingerprint density at radius 1 is 1.56 bits per heavy atom. The highest BCUT2D eigenvalue weighted by molar-refractivity contribution is 5.96. The van der Waals surface area contributed by atoms with Crippen LogP contribution in [0.15, 0.2) is 24.3 Å². The summed E-state index contributed by atoms with van der Waals surface area (Å²) in [4.78, 5) is 13.6. The number of carbonyl (C=O) groups excluding carboxylic acids is 1. The minimum atomic E-state index is 0.0674. The first-order valence-corrected chi connectivity index (χ1v) is 5.60. The van der Waals surface area contributed by atoms with Crippen molar-refractivity contribution in [3.05, 3.63) is 29.8 Å². The van der Waals surface area contributed by atoms with Gasteiger partial charge in [0.05, 0.1) is 0 Å². The molecular formula is C14H15NO. The quantitative estimate of drug-likeness (QED) is 0.690. The van der Waals surface area contributed by atoms with E-state index in [4.69, 9.17) is 6.42 Å². The van der Waals surface area contributed by atoms with Crippen LogP contribution in [0.3, 0.4) is 0 Å². The molecular weight excluding hydrogens is 198 g/mol. The van der Waals surface area contributed by atoms with Crippen molar-refractivity contribution in [1.29, 1.82) is 0 Å². The predicted octanol–water partition coefficient (Wildman–Crippen LogP) is 2.24. The van der Waals surface area contributed by atoms with Gasteiger partial charge in [0.25, 0.3) is 0 Å². The van der Waals surface area contributed by atoms with E-state index in [1.165, 1.54) is 5.56 Å². The molecule has 0 radical (unpaired) electrons. The zero-order valence-electron chi connectivity index (χ0n) is 9.44. The molecule has 1 fully saturated rings. The Bertz CT molecular complexity index is 444. The summed E-state index contributed by atoms with van der Waals surface area (Å²) in [6.07, 6.45) is 6.82. The molecule has 1 aliphatic heterocycles. The Morgan fingerprint density at radius 3 is 3.00 bits per heavy atom. The molecule has 82 valence electrons. The van der Waals surface area contributed by atoms with Gasteiger partial charge >= 0.3 is 0 Å². The number of carbonyl (C=O) groups is 1. The minimum Gasteiger partial charge on any atom is -0.311 e. The molecule has 1 amide bonds. The van der Waals surface area contributed by atoms with E-state index in [2.05, 4.69) is 25.0 Å². The van der Waals surface area contributed by atoms with Crippen LogP contribution in [0.2, 0.25) is 0 Å². The van der Waals surface area contributed by atoms with Gasteiger partial charge in [0.1, 0.15) is 0 Å². The van der Waals surface area contributed by atoms with Crippen molar-refractivity contribution >= 4 is 11.6 Å². The fourth-order valence-corrected chi connectivity index (χ4v) is 2.01. The largest absolute Gasteiger partial charge is 0.311 e. The number of benzene rings is 1. The molecule has 0 aliphatic carbocycles. The van der Waals surface area contributed by atoms with Crippen LogP contribution in [0.4, 0.5) is 5.69 Å². The highest BCUT2D eigenvalue weighted by Crippen LogP contribution is 2.25. The fraction of sp³-hybridized carbons (Fsp3) is 0.357. The van der Waals surface area contributed by atoms with Crippen molar-refractivity contribution in [3.8, 4) is 12.3 Å². The van der Waals surface area contributed by atoms with Crippen LogP contribution in [0.5, 0.6) is 0 Å². The van der Waals surface area contributed by atoms with E-state index in [-0.39, 0.29) is 11.8 Å². The maximum Gasteiger partial charge on any atom is 0.228 e. The summed E-state index contributed by atoms with van der Waals surface area (Å²) >= 11 is 0. The lowest BCUT2D eigenvalue weighted by Crippen LogP contribution is -2.24. The summed E-state index contributed by atoms with van der Waals surface area (Å²) in [5.74, 6) is 2.86. The molecule has 0 N–H and O–H groups in total. The maximum atomic E-state index is 11.8. The van der Waals surface area contributed by atoms with Crippen LogP contribution < -0.4 is 4.90 Å². The molecule has 0 saturated carbocycles. The van der Waals surface area contributed by atoms with E-state index in [9.17, 15) is 4.79 Å². The Morgan fingerprint density at radius 2 is 2.38 bits per heavy atom. The smallest absolute Gasteiger partial charge is 0.228 e. The topological polar surface area (TPSA) is 20.3 Å². The first kappa shape index (κ1) is 10.8. The van der Waals surface area contributed by atoms with E-state index < -0.39 is 0 Å². The van der Waals surface area contributed by atoms with Crippen LogP contribution in [-0.4, -0.2) is 12.5 Å². The van der Waals surface area contributed by atoms with E-state index in [1.807, 2.05) is 12.1 Å². The zero-order valence-corrected chi connectivity index (χ0v) is 9.44. The molecule has 2 nitrogen and oxygen atoms in total. The Kier molecular flexibility index (Phi) is 2.96. The number of aryl methyl sites for hydroxylation is 1. The molecule has 16 heavy (non-hydrogen) atoms. The third kappa shape index (κ3) is 1.94. The van der Waals surface area contributed by atoms with Crippen molar-refractivity contribution in [2.24, 2.45) is 5.92 Å². The molecule has 1 unspecified atom stereocenters. The average molecular weight is 213 g/mol. The lowest BCUT2D eigenvalue weighted by atomic mass is 10.1. The summed E-state index contributed by atoms with van der Waals surface area (Å²) in [5, 5.41) is 0. The first-order valence-electron chi connectivity index (χ1n) is 5.60. The molecule has 1 atom stereocenters. The highest BCUT2D eigenvalue weighted by Gasteiger charge is 2.29. The highest BCUT2D eigenvalue weighted by atomic mass is 16.2. The molecule has 2 heteroatoms. The molecule has 1 aliphatic rings. The minimum absolute atomic E-state index is 0.0674. The van der Waals surface area contributed by atoms with Crippen molar-refractivity contribution < 1.29 is 4.79 Å². The normalized spacial score (nSPS) is 19.9. The second-order valence-electron chi connectivity index (χ2n) is 4.10. The predicted molar refractivity (Wildman–Crippen MR) is 65.1 cm³/mol. The van der Waals surface area contributed by atoms with Crippen LogP contribution >= 0.6 is 0 Å². The van der Waals surface area contributed by atoms with Gasteiger partial charge in [-0.05, 0) is 24.1 Å². The summed E-state index contributed by atoms with van der Waals surface area (Å²) < 4.78 is 0. The zero-order chi connectivity index (χ0) is 11.5. The van der Waals surface area contributed by atoms with Crippen LogP contribution in [0.1, 0.15) is 18.9 Å². The van der Waals surface area contributed by atoms with Gasteiger partial charge in [-0.3, -0.25) is 4.79 Å². The van der Waals surface area contributed by atoms with Crippen LogP contribution in [-0.2, 0) is 11.2 Å². The van der Waals surface area contributed by atoms with E-state index >= 15 is 0 Å². The molecule has 1 aromatic carbocycles. The Labute approximate surface area is 96.3 Å². The standard InChI is InChI=1S/C14H15NO/c1-3-11-6-5-7-13(8-11)15-10-12(4-2)9-14(15)16/h2,5-8,12H,3,9-10H2,1H3. The van der Waals surface area contributed by atoms with Gasteiger partial charge in [-0.1, -0.05) is 19.1 Å². The second-order valence-corrected chi connectivity index (χ2v) is 4.10. The molecule has 1 saturated heterocycles. The number of terminal acetylenes is 1. The lowest BCUT2D eigenvalue weighted by molar-refractivity contribution is -0.117. The fourth-order valence-electron chi connectivity index (χ4n) is 2.01.